The van der Waals surface area contributed by atoms with Gasteiger partial charge in [0.2, 0.25) is 5.91 Å². The molecule has 4 nitrogen and oxygen atoms in total. The number of hydrogen-bond acceptors (Lipinski definition) is 4. The predicted octanol–water partition coefficient (Wildman–Crippen LogP) is 3.14. The summed E-state index contributed by atoms with van der Waals surface area (Å²) in [5.74, 6) is 3.65. The van der Waals surface area contributed by atoms with Crippen molar-refractivity contribution < 1.29 is 4.79 Å². The van der Waals surface area contributed by atoms with Crippen LogP contribution in [0.3, 0.4) is 0 Å². The van der Waals surface area contributed by atoms with Gasteiger partial charge in [0.05, 0.1) is 5.69 Å². The summed E-state index contributed by atoms with van der Waals surface area (Å²) in [6.45, 7) is 2.04. The van der Waals surface area contributed by atoms with Crippen molar-refractivity contribution in [3.05, 3.63) is 10.6 Å². The van der Waals surface area contributed by atoms with E-state index in [9.17, 15) is 4.79 Å². The second kappa shape index (κ2) is 5.28. The quantitative estimate of drug-likeness (QED) is 0.905. The zero-order valence-corrected chi connectivity index (χ0v) is 14.6. The first-order chi connectivity index (χ1) is 11.2. The van der Waals surface area contributed by atoms with Crippen LogP contribution in [-0.2, 0) is 17.8 Å². The van der Waals surface area contributed by atoms with E-state index in [-0.39, 0.29) is 11.8 Å². The maximum Gasteiger partial charge on any atom is 0.229 e. The molecule has 124 valence electrons. The minimum Gasteiger partial charge on any atom is -0.302 e. The Morgan fingerprint density at radius 3 is 2.57 bits per heavy atom. The Morgan fingerprint density at radius 1 is 1.17 bits per heavy atom. The van der Waals surface area contributed by atoms with Crippen molar-refractivity contribution >= 4 is 22.4 Å². The summed E-state index contributed by atoms with van der Waals surface area (Å²) in [6.07, 6.45) is 7.63. The van der Waals surface area contributed by atoms with Crippen molar-refractivity contribution in [2.45, 2.75) is 45.1 Å². The van der Waals surface area contributed by atoms with Crippen molar-refractivity contribution in [3.63, 3.8) is 0 Å². The van der Waals surface area contributed by atoms with Crippen molar-refractivity contribution in [3.8, 4) is 0 Å². The number of rotatable bonds is 2. The lowest BCUT2D eigenvalue weighted by atomic mass is 9.51. The molecular weight excluding hydrogens is 306 g/mol. The summed E-state index contributed by atoms with van der Waals surface area (Å²) in [5.41, 5.74) is 1.20. The SMILES string of the molecule is CN1CCc2nc(NC(=O)C3C4CC5CC(C4)CC3C5)sc2C1. The molecule has 0 spiro atoms. The van der Waals surface area contributed by atoms with E-state index in [0.717, 1.165) is 36.5 Å². The molecular formula is C18H25N3OS. The van der Waals surface area contributed by atoms with E-state index in [4.69, 9.17) is 4.98 Å². The summed E-state index contributed by atoms with van der Waals surface area (Å²) < 4.78 is 0. The Bertz CT molecular complexity index is 612. The molecule has 4 saturated carbocycles. The highest BCUT2D eigenvalue weighted by atomic mass is 32.1. The second-order valence-corrected chi connectivity index (χ2v) is 9.41. The molecule has 0 atom stereocenters. The molecule has 0 saturated heterocycles. The van der Waals surface area contributed by atoms with Gasteiger partial charge in [0.25, 0.3) is 0 Å². The summed E-state index contributed by atoms with van der Waals surface area (Å²) in [6, 6.07) is 0. The lowest BCUT2D eigenvalue weighted by molar-refractivity contribution is -0.132. The average Bonchev–Trinajstić information content (AvgIpc) is 2.87. The maximum atomic E-state index is 12.9. The van der Waals surface area contributed by atoms with Crippen LogP contribution >= 0.6 is 11.3 Å². The van der Waals surface area contributed by atoms with Crippen LogP contribution in [0.25, 0.3) is 0 Å². The molecule has 4 bridgehead atoms. The van der Waals surface area contributed by atoms with Crippen molar-refractivity contribution in [2.24, 2.45) is 29.6 Å². The standard InChI is InChI=1S/C18H25N3OS/c1-21-3-2-14-15(9-21)23-18(19-14)20-17(22)16-12-5-10-4-11(7-12)8-13(16)6-10/h10-13,16H,2-9H2,1H3,(H,19,20,22). The number of likely N-dealkylation sites (N-methyl/N-ethyl adjacent to an activating group) is 1. The van der Waals surface area contributed by atoms with Crippen molar-refractivity contribution in [1.82, 2.24) is 9.88 Å². The van der Waals surface area contributed by atoms with Crippen molar-refractivity contribution in [2.75, 3.05) is 18.9 Å². The number of fused-ring (bicyclic) bond motifs is 1. The topological polar surface area (TPSA) is 45.2 Å². The molecule has 23 heavy (non-hydrogen) atoms. The van der Waals surface area contributed by atoms with Gasteiger partial charge in [-0.15, -0.1) is 11.3 Å². The zero-order chi connectivity index (χ0) is 15.6. The molecule has 1 aromatic rings. The third-order valence-corrected chi connectivity index (χ3v) is 7.68. The Kier molecular flexibility index (Phi) is 3.31. The van der Waals surface area contributed by atoms with Gasteiger partial charge in [0.15, 0.2) is 5.13 Å². The first-order valence-electron chi connectivity index (χ1n) is 9.13. The van der Waals surface area contributed by atoms with Gasteiger partial charge in [-0.05, 0) is 62.8 Å². The Morgan fingerprint density at radius 2 is 1.87 bits per heavy atom. The summed E-state index contributed by atoms with van der Waals surface area (Å²) in [7, 11) is 2.15. The average molecular weight is 331 g/mol. The van der Waals surface area contributed by atoms with E-state index in [0.29, 0.717) is 11.8 Å². The molecule has 4 aliphatic carbocycles. The molecule has 2 heterocycles. The van der Waals surface area contributed by atoms with Gasteiger partial charge >= 0.3 is 0 Å². The van der Waals surface area contributed by atoms with Gasteiger partial charge in [-0.25, -0.2) is 4.98 Å². The number of thiazole rings is 1. The predicted molar refractivity (Wildman–Crippen MR) is 91.3 cm³/mol. The van der Waals surface area contributed by atoms with E-state index in [1.807, 2.05) is 0 Å². The molecule has 0 unspecified atom stereocenters. The fourth-order valence-electron chi connectivity index (χ4n) is 5.92. The molecule has 1 N–H and O–H groups in total. The number of anilines is 1. The van der Waals surface area contributed by atoms with Gasteiger partial charge in [0, 0.05) is 30.3 Å². The van der Waals surface area contributed by atoms with Crippen LogP contribution in [-0.4, -0.2) is 29.4 Å². The van der Waals surface area contributed by atoms with Gasteiger partial charge in [-0.2, -0.15) is 0 Å². The molecule has 4 fully saturated rings. The summed E-state index contributed by atoms with van der Waals surface area (Å²) in [4.78, 5) is 21.3. The van der Waals surface area contributed by atoms with Gasteiger partial charge < -0.3 is 10.2 Å². The van der Waals surface area contributed by atoms with E-state index in [2.05, 4.69) is 17.3 Å². The second-order valence-electron chi connectivity index (χ2n) is 8.32. The van der Waals surface area contributed by atoms with Crippen LogP contribution in [0.5, 0.6) is 0 Å². The number of nitrogens with one attached hydrogen (secondary N) is 1. The number of hydrogen-bond donors (Lipinski definition) is 1. The van der Waals surface area contributed by atoms with Crippen LogP contribution < -0.4 is 5.32 Å². The lowest BCUT2D eigenvalue weighted by Gasteiger charge is -2.53. The number of carbonyl (C=O) groups is 1. The van der Waals surface area contributed by atoms with Gasteiger partial charge in [-0.3, -0.25) is 4.79 Å². The van der Waals surface area contributed by atoms with Gasteiger partial charge in [0.1, 0.15) is 0 Å². The zero-order valence-electron chi connectivity index (χ0n) is 13.8. The molecule has 1 aliphatic heterocycles. The lowest BCUT2D eigenvalue weighted by Crippen LogP contribution is -2.49. The summed E-state index contributed by atoms with van der Waals surface area (Å²) >= 11 is 1.68. The van der Waals surface area contributed by atoms with E-state index >= 15 is 0 Å². The molecule has 0 aromatic carbocycles. The van der Waals surface area contributed by atoms with E-state index < -0.39 is 0 Å². The normalized spacial score (nSPS) is 38.6. The minimum atomic E-state index is 0.256. The first kappa shape index (κ1) is 14.4. The number of aromatic nitrogens is 1. The highest BCUT2D eigenvalue weighted by Crippen LogP contribution is 2.56. The van der Waals surface area contributed by atoms with Crippen LogP contribution in [0, 0.1) is 29.6 Å². The van der Waals surface area contributed by atoms with E-state index in [1.54, 1.807) is 11.3 Å². The number of nitrogens with zero attached hydrogens (tertiary/aromatic N) is 2. The Hall–Kier alpha value is -0.940. The van der Waals surface area contributed by atoms with Gasteiger partial charge in [-0.1, -0.05) is 0 Å². The van der Waals surface area contributed by atoms with Crippen LogP contribution in [0.4, 0.5) is 5.13 Å². The Balaban J connectivity index is 1.32. The van der Waals surface area contributed by atoms with Crippen LogP contribution in [0.1, 0.15) is 42.7 Å². The first-order valence-corrected chi connectivity index (χ1v) is 9.95. The summed E-state index contributed by atoms with van der Waals surface area (Å²) in [5, 5.41) is 4.03. The third-order valence-electron chi connectivity index (χ3n) is 6.68. The molecule has 1 aromatic heterocycles. The minimum absolute atomic E-state index is 0.256. The molecule has 5 heteroatoms. The molecule has 1 amide bonds. The smallest absolute Gasteiger partial charge is 0.229 e. The third kappa shape index (κ3) is 2.43. The number of carbonyl (C=O) groups excluding carboxylic acids is 1. The fourth-order valence-corrected chi connectivity index (χ4v) is 7.01. The van der Waals surface area contributed by atoms with E-state index in [1.165, 1.54) is 42.7 Å². The molecule has 0 radical (unpaired) electrons. The highest BCUT2D eigenvalue weighted by Gasteiger charge is 2.50. The largest absolute Gasteiger partial charge is 0.302 e. The maximum absolute atomic E-state index is 12.9. The highest BCUT2D eigenvalue weighted by molar-refractivity contribution is 7.15. The molecule has 5 aliphatic rings. The fraction of sp³-hybridized carbons (Fsp3) is 0.778. The van der Waals surface area contributed by atoms with Crippen LogP contribution in [0.2, 0.25) is 0 Å². The van der Waals surface area contributed by atoms with Crippen molar-refractivity contribution in [1.29, 1.82) is 0 Å². The molecule has 6 rings (SSSR count). The van der Waals surface area contributed by atoms with Crippen LogP contribution in [0.15, 0.2) is 0 Å². The number of amides is 1. The monoisotopic (exact) mass is 331 g/mol. The Labute approximate surface area is 141 Å².